The monoisotopic (exact) mass is 145 g/mol. The van der Waals surface area contributed by atoms with Gasteiger partial charge in [-0.2, -0.15) is 0 Å². The molecule has 1 aliphatic rings. The van der Waals surface area contributed by atoms with Gasteiger partial charge >= 0.3 is 0 Å². The van der Waals surface area contributed by atoms with Gasteiger partial charge in [-0.3, -0.25) is 0 Å². The van der Waals surface area contributed by atoms with Crippen LogP contribution in [0.3, 0.4) is 0 Å². The number of hydrogen-bond acceptors (Lipinski definition) is 3. The molecule has 1 aliphatic heterocycles. The first-order valence-corrected chi connectivity index (χ1v) is 3.73. The molecule has 0 bridgehead atoms. The van der Waals surface area contributed by atoms with Crippen LogP contribution in [0, 0.1) is 0 Å². The summed E-state index contributed by atoms with van der Waals surface area (Å²) >= 11 is 0. The van der Waals surface area contributed by atoms with Crippen LogP contribution in [0.5, 0.6) is 0 Å². The van der Waals surface area contributed by atoms with E-state index in [1.807, 2.05) is 14.0 Å². The lowest BCUT2D eigenvalue weighted by atomic mass is 10.0. The Labute approximate surface area is 61.4 Å². The maximum atomic E-state index is 9.12. The summed E-state index contributed by atoms with van der Waals surface area (Å²) < 4.78 is 5.13. The number of aliphatic hydroxyl groups excluding tert-OH is 1. The third-order valence-electron chi connectivity index (χ3n) is 1.90. The highest BCUT2D eigenvalue weighted by atomic mass is 16.6. The van der Waals surface area contributed by atoms with E-state index in [4.69, 9.17) is 9.84 Å². The standard InChI is InChI=1S/C7H15NO2/c1-5-3-6(8-2)4-7(9)10-5/h5-9H,3-4H2,1-2H3/t5-,6+,7-/m1/s1. The lowest BCUT2D eigenvalue weighted by molar-refractivity contribution is -0.163. The predicted molar refractivity (Wildman–Crippen MR) is 38.6 cm³/mol. The summed E-state index contributed by atoms with van der Waals surface area (Å²) in [7, 11) is 1.91. The molecule has 0 aromatic heterocycles. The molecule has 0 aromatic rings. The quantitative estimate of drug-likeness (QED) is 0.549. The van der Waals surface area contributed by atoms with Gasteiger partial charge in [-0.05, 0) is 20.4 Å². The number of hydrogen-bond donors (Lipinski definition) is 2. The highest BCUT2D eigenvalue weighted by Gasteiger charge is 2.23. The second kappa shape index (κ2) is 3.32. The van der Waals surface area contributed by atoms with Crippen molar-refractivity contribution in [3.8, 4) is 0 Å². The first-order valence-electron chi connectivity index (χ1n) is 3.73. The van der Waals surface area contributed by atoms with Crippen molar-refractivity contribution in [1.29, 1.82) is 0 Å². The molecule has 1 fully saturated rings. The fourth-order valence-corrected chi connectivity index (χ4v) is 1.36. The fraction of sp³-hybridized carbons (Fsp3) is 1.00. The Morgan fingerprint density at radius 1 is 1.50 bits per heavy atom. The Hall–Kier alpha value is -0.120. The summed E-state index contributed by atoms with van der Waals surface area (Å²) in [5.41, 5.74) is 0. The van der Waals surface area contributed by atoms with Gasteiger partial charge in [0.05, 0.1) is 6.10 Å². The van der Waals surface area contributed by atoms with Gasteiger partial charge in [-0.15, -0.1) is 0 Å². The Balaban J connectivity index is 2.35. The van der Waals surface area contributed by atoms with Crippen molar-refractivity contribution in [3.05, 3.63) is 0 Å². The average molecular weight is 145 g/mol. The van der Waals surface area contributed by atoms with Crippen molar-refractivity contribution in [1.82, 2.24) is 5.32 Å². The molecule has 10 heavy (non-hydrogen) atoms. The summed E-state index contributed by atoms with van der Waals surface area (Å²) in [5, 5.41) is 12.2. The first kappa shape index (κ1) is 7.98. The van der Waals surface area contributed by atoms with Crippen LogP contribution < -0.4 is 5.32 Å². The second-order valence-corrected chi connectivity index (χ2v) is 2.86. The van der Waals surface area contributed by atoms with E-state index in [-0.39, 0.29) is 6.10 Å². The highest BCUT2D eigenvalue weighted by Crippen LogP contribution is 2.16. The molecule has 1 saturated heterocycles. The van der Waals surface area contributed by atoms with Crippen LogP contribution in [0.1, 0.15) is 19.8 Å². The molecule has 0 radical (unpaired) electrons. The average Bonchev–Trinajstić information content (AvgIpc) is 1.85. The van der Waals surface area contributed by atoms with E-state index in [1.54, 1.807) is 0 Å². The number of rotatable bonds is 1. The van der Waals surface area contributed by atoms with Crippen LogP contribution in [0.2, 0.25) is 0 Å². The van der Waals surface area contributed by atoms with E-state index < -0.39 is 6.29 Å². The lowest BCUT2D eigenvalue weighted by Crippen LogP contribution is -2.40. The molecule has 60 valence electrons. The highest BCUT2D eigenvalue weighted by molar-refractivity contribution is 4.74. The van der Waals surface area contributed by atoms with E-state index in [9.17, 15) is 0 Å². The molecule has 0 saturated carbocycles. The zero-order valence-electron chi connectivity index (χ0n) is 6.50. The van der Waals surface area contributed by atoms with Crippen molar-refractivity contribution in [2.45, 2.75) is 38.2 Å². The van der Waals surface area contributed by atoms with Gasteiger partial charge in [0.2, 0.25) is 0 Å². The minimum absolute atomic E-state index is 0.182. The van der Waals surface area contributed by atoms with Crippen LogP contribution in [-0.2, 0) is 4.74 Å². The lowest BCUT2D eigenvalue weighted by Gasteiger charge is -2.30. The normalized spacial score (nSPS) is 41.7. The Bertz CT molecular complexity index is 97.8. The zero-order chi connectivity index (χ0) is 7.56. The summed E-state index contributed by atoms with van der Waals surface area (Å²) in [5.74, 6) is 0. The van der Waals surface area contributed by atoms with E-state index >= 15 is 0 Å². The molecule has 0 aromatic carbocycles. The Kier molecular flexibility index (Phi) is 2.65. The van der Waals surface area contributed by atoms with Gasteiger partial charge in [0.25, 0.3) is 0 Å². The number of nitrogens with one attached hydrogen (secondary N) is 1. The SMILES string of the molecule is CN[C@H]1C[C@@H](C)O[C@@H](O)C1. The van der Waals surface area contributed by atoms with E-state index in [2.05, 4.69) is 5.32 Å². The van der Waals surface area contributed by atoms with Crippen LogP contribution >= 0.6 is 0 Å². The molecule has 0 spiro atoms. The zero-order valence-corrected chi connectivity index (χ0v) is 6.50. The molecule has 1 rings (SSSR count). The van der Waals surface area contributed by atoms with Crippen molar-refractivity contribution in [3.63, 3.8) is 0 Å². The van der Waals surface area contributed by atoms with Gasteiger partial charge in [0.15, 0.2) is 6.29 Å². The molecule has 3 atom stereocenters. The first-order chi connectivity index (χ1) is 4.72. The Morgan fingerprint density at radius 2 is 2.20 bits per heavy atom. The van der Waals surface area contributed by atoms with E-state index in [0.29, 0.717) is 12.5 Å². The van der Waals surface area contributed by atoms with Gasteiger partial charge < -0.3 is 15.2 Å². The van der Waals surface area contributed by atoms with Crippen LogP contribution in [0.4, 0.5) is 0 Å². The van der Waals surface area contributed by atoms with Crippen LogP contribution in [-0.4, -0.2) is 30.6 Å². The maximum Gasteiger partial charge on any atom is 0.156 e. The van der Waals surface area contributed by atoms with Crippen molar-refractivity contribution in [2.75, 3.05) is 7.05 Å². The third-order valence-corrected chi connectivity index (χ3v) is 1.90. The summed E-state index contributed by atoms with van der Waals surface area (Å²) in [6.07, 6.45) is 1.32. The fourth-order valence-electron chi connectivity index (χ4n) is 1.36. The van der Waals surface area contributed by atoms with Gasteiger partial charge in [-0.25, -0.2) is 0 Å². The van der Waals surface area contributed by atoms with Crippen LogP contribution in [0.25, 0.3) is 0 Å². The topological polar surface area (TPSA) is 41.5 Å². The molecule has 0 unspecified atom stereocenters. The van der Waals surface area contributed by atoms with Gasteiger partial charge in [0.1, 0.15) is 0 Å². The van der Waals surface area contributed by atoms with Gasteiger partial charge in [0, 0.05) is 12.5 Å². The molecular formula is C7H15NO2. The predicted octanol–water partition coefficient (Wildman–Crippen LogP) is 0.0917. The van der Waals surface area contributed by atoms with Crippen molar-refractivity contribution < 1.29 is 9.84 Å². The summed E-state index contributed by atoms with van der Waals surface area (Å²) in [6.45, 7) is 1.98. The van der Waals surface area contributed by atoms with E-state index in [1.165, 1.54) is 0 Å². The molecule has 2 N–H and O–H groups in total. The second-order valence-electron chi connectivity index (χ2n) is 2.86. The maximum absolute atomic E-state index is 9.12. The minimum atomic E-state index is -0.568. The van der Waals surface area contributed by atoms with E-state index in [0.717, 1.165) is 6.42 Å². The van der Waals surface area contributed by atoms with Crippen molar-refractivity contribution >= 4 is 0 Å². The molecule has 0 amide bonds. The molecule has 1 heterocycles. The minimum Gasteiger partial charge on any atom is -0.368 e. The molecular weight excluding hydrogens is 130 g/mol. The van der Waals surface area contributed by atoms with Gasteiger partial charge in [-0.1, -0.05) is 0 Å². The summed E-state index contributed by atoms with van der Waals surface area (Å²) in [4.78, 5) is 0. The molecule has 3 nitrogen and oxygen atoms in total. The number of ether oxygens (including phenoxy) is 1. The van der Waals surface area contributed by atoms with Crippen molar-refractivity contribution in [2.24, 2.45) is 0 Å². The smallest absolute Gasteiger partial charge is 0.156 e. The number of aliphatic hydroxyl groups is 1. The Morgan fingerprint density at radius 3 is 2.70 bits per heavy atom. The molecule has 0 aliphatic carbocycles. The summed E-state index contributed by atoms with van der Waals surface area (Å²) in [6, 6.07) is 0.416. The molecule has 3 heteroatoms. The third kappa shape index (κ3) is 1.94. The van der Waals surface area contributed by atoms with Crippen LogP contribution in [0.15, 0.2) is 0 Å². The largest absolute Gasteiger partial charge is 0.368 e.